The van der Waals surface area contributed by atoms with Gasteiger partial charge in [0.05, 0.1) is 0 Å². The summed E-state index contributed by atoms with van der Waals surface area (Å²) < 4.78 is 0. The lowest BCUT2D eigenvalue weighted by atomic mass is 10.00. The maximum Gasteiger partial charge on any atom is 0.0294 e. The molecule has 1 heteroatoms. The van der Waals surface area contributed by atoms with Crippen molar-refractivity contribution >= 4 is 0 Å². The Morgan fingerprint density at radius 2 is 1.78 bits per heavy atom. The van der Waals surface area contributed by atoms with Gasteiger partial charge in [0.15, 0.2) is 0 Å². The van der Waals surface area contributed by atoms with Crippen LogP contribution in [0.25, 0.3) is 0 Å². The molecule has 2 unspecified atom stereocenters. The monoisotopic (exact) mass is 245 g/mol. The van der Waals surface area contributed by atoms with E-state index in [2.05, 4.69) is 51.2 Å². The van der Waals surface area contributed by atoms with Crippen LogP contribution in [0.5, 0.6) is 0 Å². The Balaban J connectivity index is 1.98. The van der Waals surface area contributed by atoms with Crippen LogP contribution in [-0.2, 0) is 12.8 Å². The number of hydrogen-bond donors (Lipinski definition) is 1. The molecule has 0 saturated heterocycles. The summed E-state index contributed by atoms with van der Waals surface area (Å²) in [6, 6.07) is 8.12. The molecule has 2 atom stereocenters. The number of benzene rings is 1. The molecule has 0 aromatic heterocycles. The van der Waals surface area contributed by atoms with Gasteiger partial charge in [-0.15, -0.1) is 0 Å². The van der Waals surface area contributed by atoms with Crippen LogP contribution < -0.4 is 5.32 Å². The lowest BCUT2D eigenvalue weighted by molar-refractivity contribution is 0.407. The number of aryl methyl sites for hydroxylation is 2. The molecule has 1 aliphatic rings. The first-order valence-electron chi connectivity index (χ1n) is 7.44. The van der Waals surface area contributed by atoms with Crippen molar-refractivity contribution in [3.05, 3.63) is 34.9 Å². The lowest BCUT2D eigenvalue weighted by Gasteiger charge is -2.22. The molecule has 1 N–H and O–H groups in total. The third-order valence-electron chi connectivity index (χ3n) is 3.98. The second-order valence-corrected chi connectivity index (χ2v) is 6.30. The molecular formula is C17H27N. The summed E-state index contributed by atoms with van der Waals surface area (Å²) in [6.07, 6.45) is 5.14. The van der Waals surface area contributed by atoms with Crippen LogP contribution in [0.2, 0.25) is 0 Å². The van der Waals surface area contributed by atoms with Crippen LogP contribution in [0, 0.1) is 5.92 Å². The Bertz CT molecular complexity index is 395. The summed E-state index contributed by atoms with van der Waals surface area (Å²) in [7, 11) is 0. The second kappa shape index (κ2) is 5.88. The van der Waals surface area contributed by atoms with Crippen molar-refractivity contribution in [3.63, 3.8) is 0 Å². The number of rotatable bonds is 5. The van der Waals surface area contributed by atoms with Gasteiger partial charge >= 0.3 is 0 Å². The molecule has 18 heavy (non-hydrogen) atoms. The van der Waals surface area contributed by atoms with Gasteiger partial charge in [0.1, 0.15) is 0 Å². The molecule has 1 aromatic carbocycles. The van der Waals surface area contributed by atoms with Gasteiger partial charge in [-0.2, -0.15) is 0 Å². The fraction of sp³-hybridized carbons (Fsp3) is 0.647. The Hall–Kier alpha value is -0.820. The molecule has 0 spiro atoms. The molecular weight excluding hydrogens is 218 g/mol. The Kier molecular flexibility index (Phi) is 4.45. The first-order chi connectivity index (χ1) is 8.56. The Morgan fingerprint density at radius 1 is 1.06 bits per heavy atom. The van der Waals surface area contributed by atoms with E-state index >= 15 is 0 Å². The van der Waals surface area contributed by atoms with Gasteiger partial charge in [0.2, 0.25) is 0 Å². The molecule has 0 fully saturated rings. The van der Waals surface area contributed by atoms with Gasteiger partial charge in [0.25, 0.3) is 0 Å². The molecule has 1 nitrogen and oxygen atoms in total. The second-order valence-electron chi connectivity index (χ2n) is 6.30. The fourth-order valence-corrected chi connectivity index (χ4v) is 3.16. The maximum absolute atomic E-state index is 3.72. The van der Waals surface area contributed by atoms with Crippen LogP contribution in [-0.4, -0.2) is 6.04 Å². The van der Waals surface area contributed by atoms with Crippen LogP contribution in [0.1, 0.15) is 63.3 Å². The summed E-state index contributed by atoms with van der Waals surface area (Å²) in [5.74, 6) is 0.764. The zero-order valence-electron chi connectivity index (χ0n) is 12.3. The van der Waals surface area contributed by atoms with Crippen molar-refractivity contribution in [2.75, 3.05) is 0 Å². The molecule has 0 radical (unpaired) electrons. The lowest BCUT2D eigenvalue weighted by Crippen LogP contribution is -2.30. The number of nitrogens with one attached hydrogen (secondary N) is 1. The molecule has 100 valence electrons. The van der Waals surface area contributed by atoms with E-state index in [1.807, 2.05) is 0 Å². The highest BCUT2D eigenvalue weighted by atomic mass is 14.9. The van der Waals surface area contributed by atoms with E-state index in [-0.39, 0.29) is 0 Å². The van der Waals surface area contributed by atoms with Crippen LogP contribution >= 0.6 is 0 Å². The van der Waals surface area contributed by atoms with E-state index in [9.17, 15) is 0 Å². The summed E-state index contributed by atoms with van der Waals surface area (Å²) in [5.41, 5.74) is 4.60. The third kappa shape index (κ3) is 3.35. The SMILES string of the molecule is CC(C)CC(C)NC(C)c1ccc2c(c1)CCC2. The fourth-order valence-electron chi connectivity index (χ4n) is 3.16. The molecule has 0 bridgehead atoms. The minimum Gasteiger partial charge on any atom is -0.308 e. The highest BCUT2D eigenvalue weighted by Crippen LogP contribution is 2.25. The molecule has 2 rings (SSSR count). The predicted molar refractivity (Wildman–Crippen MR) is 78.9 cm³/mol. The van der Waals surface area contributed by atoms with Crippen LogP contribution in [0.4, 0.5) is 0 Å². The van der Waals surface area contributed by atoms with Crippen molar-refractivity contribution in [2.24, 2.45) is 5.92 Å². The molecule has 0 amide bonds. The zero-order valence-corrected chi connectivity index (χ0v) is 12.3. The van der Waals surface area contributed by atoms with Crippen molar-refractivity contribution in [3.8, 4) is 0 Å². The van der Waals surface area contributed by atoms with E-state index < -0.39 is 0 Å². The van der Waals surface area contributed by atoms with Gasteiger partial charge in [-0.1, -0.05) is 32.0 Å². The molecule has 0 aliphatic heterocycles. The summed E-state index contributed by atoms with van der Waals surface area (Å²) in [6.45, 7) is 9.16. The summed E-state index contributed by atoms with van der Waals surface area (Å²) in [5, 5.41) is 3.72. The Morgan fingerprint density at radius 3 is 2.50 bits per heavy atom. The van der Waals surface area contributed by atoms with E-state index in [4.69, 9.17) is 0 Å². The normalized spacial score (nSPS) is 17.8. The van der Waals surface area contributed by atoms with E-state index in [1.165, 1.54) is 31.2 Å². The van der Waals surface area contributed by atoms with E-state index in [0.29, 0.717) is 12.1 Å². The van der Waals surface area contributed by atoms with Crippen LogP contribution in [0.15, 0.2) is 18.2 Å². The van der Waals surface area contributed by atoms with Crippen molar-refractivity contribution < 1.29 is 0 Å². The van der Waals surface area contributed by atoms with Crippen molar-refractivity contribution in [1.82, 2.24) is 5.32 Å². The minimum absolute atomic E-state index is 0.463. The molecule has 0 saturated carbocycles. The third-order valence-corrected chi connectivity index (χ3v) is 3.98. The minimum atomic E-state index is 0.463. The van der Waals surface area contributed by atoms with Gasteiger partial charge in [-0.3, -0.25) is 0 Å². The average molecular weight is 245 g/mol. The van der Waals surface area contributed by atoms with Crippen molar-refractivity contribution in [2.45, 2.75) is 65.5 Å². The van der Waals surface area contributed by atoms with Gasteiger partial charge in [0, 0.05) is 12.1 Å². The van der Waals surface area contributed by atoms with Gasteiger partial charge in [-0.05, 0) is 62.1 Å². The smallest absolute Gasteiger partial charge is 0.0294 e. The Labute approximate surface area is 112 Å². The average Bonchev–Trinajstić information content (AvgIpc) is 2.74. The maximum atomic E-state index is 3.72. The van der Waals surface area contributed by atoms with Crippen LogP contribution in [0.3, 0.4) is 0 Å². The van der Waals surface area contributed by atoms with Gasteiger partial charge < -0.3 is 5.32 Å². The first kappa shape index (κ1) is 13.6. The standard InChI is InChI=1S/C17H27N/c1-12(2)10-13(3)18-14(4)16-9-8-15-6-5-7-17(15)11-16/h8-9,11-14,18H,5-7,10H2,1-4H3. The van der Waals surface area contributed by atoms with Gasteiger partial charge in [-0.25, -0.2) is 0 Å². The highest BCUT2D eigenvalue weighted by Gasteiger charge is 2.15. The topological polar surface area (TPSA) is 12.0 Å². The predicted octanol–water partition coefficient (Wildman–Crippen LogP) is 4.26. The number of hydrogen-bond acceptors (Lipinski definition) is 1. The molecule has 0 heterocycles. The zero-order chi connectivity index (χ0) is 13.1. The van der Waals surface area contributed by atoms with E-state index in [1.54, 1.807) is 11.1 Å². The largest absolute Gasteiger partial charge is 0.308 e. The first-order valence-corrected chi connectivity index (χ1v) is 7.44. The highest BCUT2D eigenvalue weighted by molar-refractivity contribution is 5.36. The molecule has 1 aliphatic carbocycles. The van der Waals surface area contributed by atoms with E-state index in [0.717, 1.165) is 5.92 Å². The molecule has 1 aromatic rings. The summed E-state index contributed by atoms with van der Waals surface area (Å²) >= 11 is 0. The quantitative estimate of drug-likeness (QED) is 0.817. The number of fused-ring (bicyclic) bond motifs is 1. The summed E-state index contributed by atoms with van der Waals surface area (Å²) in [4.78, 5) is 0. The van der Waals surface area contributed by atoms with Crippen molar-refractivity contribution in [1.29, 1.82) is 0 Å².